The van der Waals surface area contributed by atoms with E-state index in [2.05, 4.69) is 175 Å². The zero-order valence-corrected chi connectivity index (χ0v) is 28.3. The molecule has 0 aliphatic rings. The lowest BCUT2D eigenvalue weighted by Crippen LogP contribution is -2.12. The number of nitrogens with zero attached hydrogens (tertiary/aromatic N) is 1. The van der Waals surface area contributed by atoms with Gasteiger partial charge in [-0.25, -0.2) is 0 Å². The molecule has 0 amide bonds. The van der Waals surface area contributed by atoms with Crippen molar-refractivity contribution in [2.75, 3.05) is 4.90 Å². The molecule has 0 saturated carbocycles. The van der Waals surface area contributed by atoms with E-state index < -0.39 is 0 Å². The third kappa shape index (κ3) is 4.29. The van der Waals surface area contributed by atoms with Crippen LogP contribution in [0, 0.1) is 0 Å². The van der Waals surface area contributed by atoms with E-state index in [1.165, 1.54) is 63.6 Å². The molecule has 9 aromatic carbocycles. The first-order valence-electron chi connectivity index (χ1n) is 17.3. The van der Waals surface area contributed by atoms with Crippen molar-refractivity contribution in [1.29, 1.82) is 0 Å². The van der Waals surface area contributed by atoms with Crippen molar-refractivity contribution in [3.05, 3.63) is 176 Å². The topological polar surface area (TPSA) is 16.4 Å². The molecule has 11 aromatic rings. The molecule has 0 spiro atoms. The molecule has 2 aromatic heterocycles. The van der Waals surface area contributed by atoms with Gasteiger partial charge >= 0.3 is 0 Å². The van der Waals surface area contributed by atoms with Crippen LogP contribution in [0.2, 0.25) is 0 Å². The van der Waals surface area contributed by atoms with Crippen molar-refractivity contribution >= 4 is 103 Å². The smallest absolute Gasteiger partial charge is 0.137 e. The number of rotatable bonds is 4. The average molecular weight is 668 g/mol. The van der Waals surface area contributed by atoms with Crippen LogP contribution in [-0.4, -0.2) is 0 Å². The first-order chi connectivity index (χ1) is 25.3. The third-order valence-electron chi connectivity index (χ3n) is 10.4. The molecule has 2 heterocycles. The van der Waals surface area contributed by atoms with Gasteiger partial charge in [0.05, 0.1) is 16.1 Å². The minimum atomic E-state index is 0.875. The van der Waals surface area contributed by atoms with Crippen LogP contribution in [0.5, 0.6) is 0 Å². The highest BCUT2D eigenvalue weighted by atomic mass is 32.1. The molecule has 0 aliphatic heterocycles. The Balaban J connectivity index is 1.32. The molecule has 0 unspecified atom stereocenters. The van der Waals surface area contributed by atoms with Crippen LogP contribution in [0.1, 0.15) is 0 Å². The summed E-state index contributed by atoms with van der Waals surface area (Å²) >= 11 is 1.86. The zero-order valence-electron chi connectivity index (χ0n) is 27.5. The number of fused-ring (bicyclic) bond motifs is 10. The lowest BCUT2D eigenvalue weighted by atomic mass is 9.89. The number of anilines is 3. The van der Waals surface area contributed by atoms with Gasteiger partial charge in [0.2, 0.25) is 0 Å². The Bertz CT molecular complexity index is 3170. The summed E-state index contributed by atoms with van der Waals surface area (Å²) in [5.41, 5.74) is 7.51. The van der Waals surface area contributed by atoms with Crippen LogP contribution in [0.3, 0.4) is 0 Å². The number of para-hydroxylation sites is 1. The molecule has 0 fully saturated rings. The summed E-state index contributed by atoms with van der Waals surface area (Å²) in [5, 5.41) is 12.1. The summed E-state index contributed by atoms with van der Waals surface area (Å²) in [7, 11) is 0. The summed E-state index contributed by atoms with van der Waals surface area (Å²) in [6, 6.07) is 63.9. The van der Waals surface area contributed by atoms with Crippen molar-refractivity contribution in [1.82, 2.24) is 0 Å². The summed E-state index contributed by atoms with van der Waals surface area (Å²) < 4.78 is 9.09. The second-order valence-corrected chi connectivity index (χ2v) is 14.3. The molecule has 3 heteroatoms. The second-order valence-electron chi connectivity index (χ2n) is 13.2. The van der Waals surface area contributed by atoms with Crippen LogP contribution >= 0.6 is 11.3 Å². The molecule has 0 atom stereocenters. The van der Waals surface area contributed by atoms with Gasteiger partial charge in [-0.2, -0.15) is 0 Å². The predicted molar refractivity (Wildman–Crippen MR) is 219 cm³/mol. The van der Waals surface area contributed by atoms with Gasteiger partial charge in [-0.1, -0.05) is 133 Å². The van der Waals surface area contributed by atoms with Gasteiger partial charge in [0.1, 0.15) is 11.2 Å². The van der Waals surface area contributed by atoms with E-state index in [1.54, 1.807) is 0 Å². The van der Waals surface area contributed by atoms with Gasteiger partial charge in [0, 0.05) is 48.9 Å². The average Bonchev–Trinajstić information content (AvgIpc) is 3.76. The maximum atomic E-state index is 6.55. The number of hydrogen-bond acceptors (Lipinski definition) is 3. The van der Waals surface area contributed by atoms with Gasteiger partial charge in [-0.05, 0) is 68.9 Å². The van der Waals surface area contributed by atoms with Crippen molar-refractivity contribution < 1.29 is 4.42 Å². The molecule has 2 nitrogen and oxygen atoms in total. The normalized spacial score (nSPS) is 11.9. The van der Waals surface area contributed by atoms with Crippen molar-refractivity contribution in [3.8, 4) is 11.1 Å². The van der Waals surface area contributed by atoms with Gasteiger partial charge in [0.15, 0.2) is 0 Å². The Morgan fingerprint density at radius 1 is 0.412 bits per heavy atom. The fraction of sp³-hybridized carbons (Fsp3) is 0. The van der Waals surface area contributed by atoms with E-state index >= 15 is 0 Å². The minimum absolute atomic E-state index is 0.875. The number of hydrogen-bond donors (Lipinski definition) is 0. The Hall–Kier alpha value is -6.42. The SMILES string of the molecule is c1ccc2cc(-c3c(N(c4ccc5c(c4)oc4ccccc45)c4cccc5c4sc4ccccc45)c4ccccc4c4ccccc34)ccc2c1. The Labute approximate surface area is 298 Å². The monoisotopic (exact) mass is 667 g/mol. The maximum absolute atomic E-state index is 6.55. The van der Waals surface area contributed by atoms with E-state index in [0.717, 1.165) is 39.0 Å². The highest BCUT2D eigenvalue weighted by Crippen LogP contribution is 2.52. The lowest BCUT2D eigenvalue weighted by molar-refractivity contribution is 0.669. The standard InChI is InChI=1S/C48H29NOS/c1-2-13-31-28-32(25-24-30(31)12-1)46-39-18-5-3-14-34(39)35-15-4-6-19-40(35)47(46)49(33-26-27-37-36-16-7-9-22-43(36)50-44(37)29-33)42-21-11-20-41-38-17-8-10-23-45(38)51-48(41)42/h1-29H. The van der Waals surface area contributed by atoms with Crippen molar-refractivity contribution in [2.45, 2.75) is 0 Å². The fourth-order valence-electron chi connectivity index (χ4n) is 8.14. The minimum Gasteiger partial charge on any atom is -0.456 e. The molecule has 0 N–H and O–H groups in total. The van der Waals surface area contributed by atoms with Crippen LogP contribution in [0.15, 0.2) is 180 Å². The van der Waals surface area contributed by atoms with Crippen LogP contribution in [0.4, 0.5) is 17.1 Å². The zero-order chi connectivity index (χ0) is 33.5. The van der Waals surface area contributed by atoms with Crippen LogP contribution in [0.25, 0.3) is 85.6 Å². The second kappa shape index (κ2) is 11.0. The lowest BCUT2D eigenvalue weighted by Gasteiger charge is -2.31. The van der Waals surface area contributed by atoms with Gasteiger partial charge in [-0.15, -0.1) is 11.3 Å². The Morgan fingerprint density at radius 3 is 1.92 bits per heavy atom. The van der Waals surface area contributed by atoms with E-state index in [4.69, 9.17) is 4.42 Å². The molecule has 238 valence electrons. The van der Waals surface area contributed by atoms with Gasteiger partial charge in [0.25, 0.3) is 0 Å². The summed E-state index contributed by atoms with van der Waals surface area (Å²) in [6.45, 7) is 0. The molecular weight excluding hydrogens is 639 g/mol. The summed E-state index contributed by atoms with van der Waals surface area (Å²) in [5.74, 6) is 0. The number of benzene rings is 9. The van der Waals surface area contributed by atoms with Crippen LogP contribution < -0.4 is 4.90 Å². The molecule has 0 saturated heterocycles. The first kappa shape index (κ1) is 28.4. The number of thiophene rings is 1. The maximum Gasteiger partial charge on any atom is 0.137 e. The highest BCUT2D eigenvalue weighted by molar-refractivity contribution is 7.26. The molecule has 0 radical (unpaired) electrons. The summed E-state index contributed by atoms with van der Waals surface area (Å²) in [4.78, 5) is 2.50. The van der Waals surface area contributed by atoms with Crippen LogP contribution in [-0.2, 0) is 0 Å². The van der Waals surface area contributed by atoms with Crippen molar-refractivity contribution in [2.24, 2.45) is 0 Å². The van der Waals surface area contributed by atoms with Gasteiger partial charge in [-0.3, -0.25) is 0 Å². The molecule has 0 bridgehead atoms. The van der Waals surface area contributed by atoms with Crippen molar-refractivity contribution in [3.63, 3.8) is 0 Å². The number of furan rings is 1. The quantitative estimate of drug-likeness (QED) is 0.174. The van der Waals surface area contributed by atoms with E-state index in [9.17, 15) is 0 Å². The molecule has 11 rings (SSSR count). The fourth-order valence-corrected chi connectivity index (χ4v) is 9.35. The highest BCUT2D eigenvalue weighted by Gasteiger charge is 2.26. The van der Waals surface area contributed by atoms with E-state index in [0.29, 0.717) is 0 Å². The third-order valence-corrected chi connectivity index (χ3v) is 11.6. The van der Waals surface area contributed by atoms with Gasteiger partial charge < -0.3 is 9.32 Å². The predicted octanol–water partition coefficient (Wildman–Crippen LogP) is 14.6. The van der Waals surface area contributed by atoms with E-state index in [1.807, 2.05) is 17.4 Å². The summed E-state index contributed by atoms with van der Waals surface area (Å²) in [6.07, 6.45) is 0. The molecular formula is C48H29NOS. The first-order valence-corrected chi connectivity index (χ1v) is 18.2. The molecule has 51 heavy (non-hydrogen) atoms. The Morgan fingerprint density at radius 2 is 1.06 bits per heavy atom. The Kier molecular flexibility index (Phi) is 6.16. The largest absolute Gasteiger partial charge is 0.456 e. The molecule has 0 aliphatic carbocycles. The van der Waals surface area contributed by atoms with E-state index in [-0.39, 0.29) is 0 Å².